The van der Waals surface area contributed by atoms with E-state index in [4.69, 9.17) is 10.2 Å². The molecule has 0 radical (unpaired) electrons. The average molecular weight is 197 g/mol. The molecule has 0 aromatic carbocycles. The summed E-state index contributed by atoms with van der Waals surface area (Å²) in [6.45, 7) is -0.919. The minimum Gasteiger partial charge on any atom is -0.390 e. The number of hydrogen-bond donors (Lipinski definition) is 2. The van der Waals surface area contributed by atoms with E-state index in [1.807, 2.05) is 0 Å². The summed E-state index contributed by atoms with van der Waals surface area (Å²) in [6, 6.07) is 0. The van der Waals surface area contributed by atoms with E-state index in [0.717, 1.165) is 0 Å². The lowest BCUT2D eigenvalue weighted by atomic mass is 10.2. The van der Waals surface area contributed by atoms with Crippen LogP contribution in [0.3, 0.4) is 0 Å². The minimum absolute atomic E-state index is 0.0810. The van der Waals surface area contributed by atoms with Gasteiger partial charge in [-0.25, -0.2) is 17.9 Å². The van der Waals surface area contributed by atoms with Gasteiger partial charge in [-0.05, 0) is 19.3 Å². The zero-order valence-corrected chi connectivity index (χ0v) is 7.35. The Kier molecular flexibility index (Phi) is 2.42. The molecule has 0 aromatic rings. The number of aliphatic hydroxyl groups excluding tert-OH is 1. The van der Waals surface area contributed by atoms with Gasteiger partial charge in [-0.2, -0.15) is 0 Å². The van der Waals surface area contributed by atoms with Crippen LogP contribution in [0.4, 0.5) is 4.39 Å². The summed E-state index contributed by atoms with van der Waals surface area (Å²) < 4.78 is 32.6. The SMILES string of the molecule is NS(=O)(=O)C1(CC(O)CF)CC1. The van der Waals surface area contributed by atoms with E-state index in [1.54, 1.807) is 0 Å². The van der Waals surface area contributed by atoms with Crippen LogP contribution < -0.4 is 5.14 Å². The molecule has 1 aliphatic carbocycles. The second-order valence-electron chi connectivity index (χ2n) is 3.24. The molecule has 12 heavy (non-hydrogen) atoms. The van der Waals surface area contributed by atoms with Crippen molar-refractivity contribution < 1.29 is 17.9 Å². The smallest absolute Gasteiger partial charge is 0.214 e. The molecule has 0 spiro atoms. The van der Waals surface area contributed by atoms with Crippen LogP contribution in [0, 0.1) is 0 Å². The number of primary sulfonamides is 1. The molecule has 1 atom stereocenters. The Labute approximate surface area is 70.6 Å². The first-order valence-electron chi connectivity index (χ1n) is 3.68. The number of nitrogens with two attached hydrogens (primary N) is 1. The van der Waals surface area contributed by atoms with Crippen LogP contribution in [0.5, 0.6) is 0 Å². The Bertz CT molecular complexity index is 260. The first kappa shape index (κ1) is 9.88. The molecule has 0 amide bonds. The molecule has 6 heteroatoms. The summed E-state index contributed by atoms with van der Waals surface area (Å²) in [5.74, 6) is 0. The quantitative estimate of drug-likeness (QED) is 0.639. The Morgan fingerprint density at radius 1 is 1.58 bits per heavy atom. The highest BCUT2D eigenvalue weighted by Gasteiger charge is 2.53. The number of alkyl halides is 1. The molecule has 4 nitrogen and oxygen atoms in total. The van der Waals surface area contributed by atoms with Gasteiger partial charge in [-0.1, -0.05) is 0 Å². The van der Waals surface area contributed by atoms with Gasteiger partial charge in [-0.15, -0.1) is 0 Å². The predicted octanol–water partition coefficient (Wildman–Crippen LogP) is -0.472. The van der Waals surface area contributed by atoms with Crippen LogP contribution in [-0.2, 0) is 10.0 Å². The topological polar surface area (TPSA) is 80.4 Å². The van der Waals surface area contributed by atoms with Crippen molar-refractivity contribution in [1.29, 1.82) is 0 Å². The fraction of sp³-hybridized carbons (Fsp3) is 1.00. The van der Waals surface area contributed by atoms with Crippen LogP contribution in [-0.4, -0.2) is 31.0 Å². The molecular formula is C6H12FNO3S. The van der Waals surface area contributed by atoms with E-state index in [9.17, 15) is 12.8 Å². The molecular weight excluding hydrogens is 185 g/mol. The lowest BCUT2D eigenvalue weighted by molar-refractivity contribution is 0.127. The third-order valence-electron chi connectivity index (χ3n) is 2.20. The van der Waals surface area contributed by atoms with Crippen LogP contribution in [0.1, 0.15) is 19.3 Å². The van der Waals surface area contributed by atoms with Crippen molar-refractivity contribution in [3.63, 3.8) is 0 Å². The third kappa shape index (κ3) is 1.75. The van der Waals surface area contributed by atoms with Crippen LogP contribution >= 0.6 is 0 Å². The van der Waals surface area contributed by atoms with Crippen LogP contribution in [0.25, 0.3) is 0 Å². The summed E-state index contributed by atoms with van der Waals surface area (Å²) in [5, 5.41) is 13.8. The van der Waals surface area contributed by atoms with E-state index in [1.165, 1.54) is 0 Å². The van der Waals surface area contributed by atoms with Gasteiger partial charge in [0, 0.05) is 0 Å². The molecule has 1 unspecified atom stereocenters. The van der Waals surface area contributed by atoms with Gasteiger partial charge < -0.3 is 5.11 Å². The third-order valence-corrected chi connectivity index (χ3v) is 3.98. The van der Waals surface area contributed by atoms with Gasteiger partial charge in [0.1, 0.15) is 6.67 Å². The molecule has 0 aliphatic heterocycles. The fourth-order valence-corrected chi connectivity index (χ4v) is 2.32. The molecule has 72 valence electrons. The maximum atomic E-state index is 11.8. The zero-order chi connectivity index (χ0) is 9.41. The summed E-state index contributed by atoms with van der Waals surface area (Å²) >= 11 is 0. The van der Waals surface area contributed by atoms with Crippen molar-refractivity contribution in [2.45, 2.75) is 30.1 Å². The van der Waals surface area contributed by atoms with E-state index in [0.29, 0.717) is 12.8 Å². The summed E-state index contributed by atoms with van der Waals surface area (Å²) in [5.41, 5.74) is 0. The van der Waals surface area contributed by atoms with Crippen LogP contribution in [0.2, 0.25) is 0 Å². The molecule has 1 aliphatic rings. The second-order valence-corrected chi connectivity index (χ2v) is 5.20. The van der Waals surface area contributed by atoms with E-state index in [2.05, 4.69) is 0 Å². The van der Waals surface area contributed by atoms with Gasteiger partial charge >= 0.3 is 0 Å². The predicted molar refractivity (Wildman–Crippen MR) is 41.7 cm³/mol. The van der Waals surface area contributed by atoms with Crippen molar-refractivity contribution in [1.82, 2.24) is 0 Å². The Balaban J connectivity index is 2.63. The molecule has 1 fully saturated rings. The Morgan fingerprint density at radius 3 is 2.33 bits per heavy atom. The van der Waals surface area contributed by atoms with Crippen molar-refractivity contribution >= 4 is 10.0 Å². The normalized spacial score (nSPS) is 23.6. The Morgan fingerprint density at radius 2 is 2.08 bits per heavy atom. The van der Waals surface area contributed by atoms with Gasteiger partial charge in [0.25, 0.3) is 0 Å². The highest BCUT2D eigenvalue weighted by molar-refractivity contribution is 7.90. The number of halogens is 1. The van der Waals surface area contributed by atoms with Crippen molar-refractivity contribution in [2.75, 3.05) is 6.67 Å². The molecule has 0 heterocycles. The van der Waals surface area contributed by atoms with E-state index >= 15 is 0 Å². The Hall–Kier alpha value is -0.200. The molecule has 3 N–H and O–H groups in total. The average Bonchev–Trinajstić information content (AvgIpc) is 2.67. The number of hydrogen-bond acceptors (Lipinski definition) is 3. The van der Waals surface area contributed by atoms with E-state index < -0.39 is 27.5 Å². The minimum atomic E-state index is -3.62. The molecule has 1 rings (SSSR count). The second kappa shape index (κ2) is 2.93. The van der Waals surface area contributed by atoms with Crippen LogP contribution in [0.15, 0.2) is 0 Å². The summed E-state index contributed by atoms with van der Waals surface area (Å²) in [4.78, 5) is 0. The fourth-order valence-electron chi connectivity index (χ4n) is 1.23. The van der Waals surface area contributed by atoms with Crippen molar-refractivity contribution in [3.05, 3.63) is 0 Å². The summed E-state index contributed by atoms with van der Waals surface area (Å²) in [7, 11) is -3.62. The van der Waals surface area contributed by atoms with Crippen molar-refractivity contribution in [2.24, 2.45) is 5.14 Å². The van der Waals surface area contributed by atoms with Crippen molar-refractivity contribution in [3.8, 4) is 0 Å². The molecule has 0 bridgehead atoms. The molecule has 1 saturated carbocycles. The van der Waals surface area contributed by atoms with E-state index in [-0.39, 0.29) is 6.42 Å². The number of aliphatic hydroxyl groups is 1. The number of sulfonamides is 1. The monoisotopic (exact) mass is 197 g/mol. The van der Waals surface area contributed by atoms with Gasteiger partial charge in [0.2, 0.25) is 10.0 Å². The van der Waals surface area contributed by atoms with Gasteiger partial charge in [-0.3, -0.25) is 0 Å². The molecule has 0 aromatic heterocycles. The largest absolute Gasteiger partial charge is 0.390 e. The maximum absolute atomic E-state index is 11.8. The van der Waals surface area contributed by atoms with Gasteiger partial charge in [0.15, 0.2) is 0 Å². The molecule has 0 saturated heterocycles. The lowest BCUT2D eigenvalue weighted by Gasteiger charge is -2.14. The highest BCUT2D eigenvalue weighted by Crippen LogP contribution is 2.45. The lowest BCUT2D eigenvalue weighted by Crippen LogP contribution is -2.34. The first-order valence-corrected chi connectivity index (χ1v) is 5.22. The standard InChI is InChI=1S/C6H12FNO3S/c7-4-5(9)3-6(1-2-6)12(8,10)11/h5,9H,1-4H2,(H2,8,10,11). The maximum Gasteiger partial charge on any atom is 0.214 e. The zero-order valence-electron chi connectivity index (χ0n) is 6.53. The first-order chi connectivity index (χ1) is 5.41. The summed E-state index contributed by atoms with van der Waals surface area (Å²) in [6.07, 6.45) is -0.417. The van der Waals surface area contributed by atoms with Gasteiger partial charge in [0.05, 0.1) is 10.9 Å². The highest BCUT2D eigenvalue weighted by atomic mass is 32.2. The number of rotatable bonds is 4.